The lowest BCUT2D eigenvalue weighted by molar-refractivity contribution is 0.401. The zero-order valence-corrected chi connectivity index (χ0v) is 10.4. The maximum atomic E-state index is 8.86. The number of nitrogens with zero attached hydrogens (tertiary/aromatic N) is 1. The third-order valence-corrected chi connectivity index (χ3v) is 3.67. The molecule has 2 nitrogen and oxygen atoms in total. The number of hydrogen-bond donors (Lipinski definition) is 1. The fourth-order valence-electron chi connectivity index (χ4n) is 1.90. The van der Waals surface area contributed by atoms with Crippen LogP contribution in [0, 0.1) is 22.2 Å². The number of hydrogen-bond acceptors (Lipinski definition) is 2. The molecule has 0 aliphatic heterocycles. The molecule has 86 valence electrons. The largest absolute Gasteiger partial charge is 0.316 e. The molecule has 1 saturated carbocycles. The van der Waals surface area contributed by atoms with Gasteiger partial charge in [0.25, 0.3) is 0 Å². The zero-order chi connectivity index (χ0) is 11.4. The van der Waals surface area contributed by atoms with Crippen molar-refractivity contribution in [2.24, 2.45) is 10.8 Å². The molecule has 2 heteroatoms. The minimum absolute atomic E-state index is 0.149. The monoisotopic (exact) mass is 208 g/mol. The Bertz CT molecular complexity index is 233. The molecule has 0 aromatic rings. The van der Waals surface area contributed by atoms with Gasteiger partial charge in [0, 0.05) is 6.54 Å². The highest BCUT2D eigenvalue weighted by Gasteiger charge is 2.39. The first-order chi connectivity index (χ1) is 7.04. The Balaban J connectivity index is 2.01. The molecule has 0 aromatic heterocycles. The molecule has 0 amide bonds. The predicted molar refractivity (Wildman–Crippen MR) is 63.5 cm³/mol. The van der Waals surface area contributed by atoms with Crippen molar-refractivity contribution < 1.29 is 0 Å². The first kappa shape index (κ1) is 12.5. The lowest BCUT2D eigenvalue weighted by atomic mass is 9.90. The molecule has 0 spiro atoms. The number of rotatable bonds is 7. The summed E-state index contributed by atoms with van der Waals surface area (Å²) in [4.78, 5) is 0. The van der Waals surface area contributed by atoms with Crippen molar-refractivity contribution in [3.63, 3.8) is 0 Å². The standard InChI is InChI=1S/C13H24N2/c1-4-13(7-8-13)11-15-9-5-6-12(2,3)10-14/h15H,4-9,11H2,1-3H3. The number of nitrogens with one attached hydrogen (secondary N) is 1. The van der Waals surface area contributed by atoms with E-state index >= 15 is 0 Å². The van der Waals surface area contributed by atoms with E-state index in [1.54, 1.807) is 0 Å². The highest BCUT2D eigenvalue weighted by molar-refractivity contribution is 4.94. The Kier molecular flexibility index (Phi) is 4.16. The first-order valence-electron chi connectivity index (χ1n) is 6.16. The van der Waals surface area contributed by atoms with Gasteiger partial charge in [-0.15, -0.1) is 0 Å². The van der Waals surface area contributed by atoms with Gasteiger partial charge in [0.05, 0.1) is 11.5 Å². The Hall–Kier alpha value is -0.550. The summed E-state index contributed by atoms with van der Waals surface area (Å²) in [7, 11) is 0. The summed E-state index contributed by atoms with van der Waals surface area (Å²) in [5.41, 5.74) is 0.494. The molecule has 1 fully saturated rings. The summed E-state index contributed by atoms with van der Waals surface area (Å²) in [6.45, 7) is 8.56. The van der Waals surface area contributed by atoms with Crippen LogP contribution in [0.5, 0.6) is 0 Å². The van der Waals surface area contributed by atoms with Gasteiger partial charge >= 0.3 is 0 Å². The fourth-order valence-corrected chi connectivity index (χ4v) is 1.90. The van der Waals surface area contributed by atoms with E-state index in [0.29, 0.717) is 5.41 Å². The van der Waals surface area contributed by atoms with E-state index in [4.69, 9.17) is 5.26 Å². The van der Waals surface area contributed by atoms with Crippen molar-refractivity contribution in [1.82, 2.24) is 5.32 Å². The zero-order valence-electron chi connectivity index (χ0n) is 10.4. The van der Waals surface area contributed by atoms with E-state index in [2.05, 4.69) is 18.3 Å². The van der Waals surface area contributed by atoms with E-state index in [9.17, 15) is 0 Å². The van der Waals surface area contributed by atoms with E-state index in [1.807, 2.05) is 13.8 Å². The van der Waals surface area contributed by atoms with E-state index in [1.165, 1.54) is 25.8 Å². The van der Waals surface area contributed by atoms with E-state index in [-0.39, 0.29) is 5.41 Å². The summed E-state index contributed by atoms with van der Waals surface area (Å²) < 4.78 is 0. The minimum Gasteiger partial charge on any atom is -0.316 e. The molecule has 0 saturated heterocycles. The molecule has 1 N–H and O–H groups in total. The van der Waals surface area contributed by atoms with Gasteiger partial charge in [0.15, 0.2) is 0 Å². The number of nitriles is 1. The van der Waals surface area contributed by atoms with Crippen LogP contribution in [0.3, 0.4) is 0 Å². The minimum atomic E-state index is -0.149. The molecule has 0 atom stereocenters. The normalized spacial score (nSPS) is 18.5. The van der Waals surface area contributed by atoms with Crippen LogP contribution < -0.4 is 5.32 Å². The second kappa shape index (κ2) is 4.99. The van der Waals surface area contributed by atoms with Crippen molar-refractivity contribution >= 4 is 0 Å². The van der Waals surface area contributed by atoms with E-state index < -0.39 is 0 Å². The summed E-state index contributed by atoms with van der Waals surface area (Å²) >= 11 is 0. The van der Waals surface area contributed by atoms with Gasteiger partial charge in [-0.25, -0.2) is 0 Å². The van der Waals surface area contributed by atoms with Gasteiger partial charge in [-0.05, 0) is 57.9 Å². The Morgan fingerprint density at radius 3 is 2.53 bits per heavy atom. The van der Waals surface area contributed by atoms with Crippen LogP contribution in [0.4, 0.5) is 0 Å². The molecule has 0 heterocycles. The maximum Gasteiger partial charge on any atom is 0.0683 e. The van der Waals surface area contributed by atoms with Crippen LogP contribution in [0.15, 0.2) is 0 Å². The van der Waals surface area contributed by atoms with Crippen LogP contribution in [-0.2, 0) is 0 Å². The quantitative estimate of drug-likeness (QED) is 0.653. The Labute approximate surface area is 94.1 Å². The predicted octanol–water partition coefficient (Wildman–Crippen LogP) is 3.10. The van der Waals surface area contributed by atoms with Gasteiger partial charge < -0.3 is 5.32 Å². The van der Waals surface area contributed by atoms with Gasteiger partial charge in [-0.2, -0.15) is 5.26 Å². The van der Waals surface area contributed by atoms with Crippen LogP contribution in [0.25, 0.3) is 0 Å². The molecule has 0 aromatic carbocycles. The summed E-state index contributed by atoms with van der Waals surface area (Å²) in [5, 5.41) is 12.4. The van der Waals surface area contributed by atoms with Crippen molar-refractivity contribution in [3.8, 4) is 6.07 Å². The molecule has 1 aliphatic carbocycles. The van der Waals surface area contributed by atoms with Crippen LogP contribution in [-0.4, -0.2) is 13.1 Å². The average molecular weight is 208 g/mol. The third kappa shape index (κ3) is 4.22. The lowest BCUT2D eigenvalue weighted by Crippen LogP contribution is -2.25. The molecular formula is C13H24N2. The maximum absolute atomic E-state index is 8.86. The summed E-state index contributed by atoms with van der Waals surface area (Å²) in [5.74, 6) is 0. The molecular weight excluding hydrogens is 184 g/mol. The van der Waals surface area contributed by atoms with Crippen LogP contribution in [0.2, 0.25) is 0 Å². The average Bonchev–Trinajstić information content (AvgIpc) is 2.98. The second-order valence-electron chi connectivity index (χ2n) is 5.63. The molecule has 0 unspecified atom stereocenters. The topological polar surface area (TPSA) is 35.8 Å². The van der Waals surface area contributed by atoms with Crippen molar-refractivity contribution in [1.29, 1.82) is 5.26 Å². The Morgan fingerprint density at radius 2 is 2.07 bits per heavy atom. The van der Waals surface area contributed by atoms with Gasteiger partial charge in [0.2, 0.25) is 0 Å². The third-order valence-electron chi connectivity index (χ3n) is 3.67. The molecule has 1 rings (SSSR count). The highest BCUT2D eigenvalue weighted by Crippen LogP contribution is 2.47. The fraction of sp³-hybridized carbons (Fsp3) is 0.923. The van der Waals surface area contributed by atoms with Gasteiger partial charge in [-0.1, -0.05) is 6.92 Å². The van der Waals surface area contributed by atoms with E-state index in [0.717, 1.165) is 19.4 Å². The van der Waals surface area contributed by atoms with Crippen LogP contribution in [0.1, 0.15) is 52.9 Å². The molecule has 0 radical (unpaired) electrons. The van der Waals surface area contributed by atoms with Gasteiger partial charge in [-0.3, -0.25) is 0 Å². The molecule has 1 aliphatic rings. The van der Waals surface area contributed by atoms with Crippen molar-refractivity contribution in [2.45, 2.75) is 52.9 Å². The van der Waals surface area contributed by atoms with Crippen molar-refractivity contribution in [2.75, 3.05) is 13.1 Å². The van der Waals surface area contributed by atoms with Crippen LogP contribution >= 0.6 is 0 Å². The summed E-state index contributed by atoms with van der Waals surface area (Å²) in [6.07, 6.45) is 6.22. The summed E-state index contributed by atoms with van der Waals surface area (Å²) in [6, 6.07) is 2.34. The highest BCUT2D eigenvalue weighted by atomic mass is 14.9. The van der Waals surface area contributed by atoms with Gasteiger partial charge in [0.1, 0.15) is 0 Å². The lowest BCUT2D eigenvalue weighted by Gasteiger charge is -2.16. The first-order valence-corrected chi connectivity index (χ1v) is 6.16. The molecule has 15 heavy (non-hydrogen) atoms. The Morgan fingerprint density at radius 1 is 1.40 bits per heavy atom. The van der Waals surface area contributed by atoms with Crippen molar-refractivity contribution in [3.05, 3.63) is 0 Å². The molecule has 0 bridgehead atoms. The smallest absolute Gasteiger partial charge is 0.0683 e. The second-order valence-corrected chi connectivity index (χ2v) is 5.63. The SMILES string of the molecule is CCC1(CNCCCC(C)(C)C#N)CC1.